The van der Waals surface area contributed by atoms with Gasteiger partial charge in [-0.2, -0.15) is 0 Å². The number of nitrogens with zero attached hydrogens (tertiary/aromatic N) is 1. The molecular formula is C18H18N2O5. The molecule has 7 heteroatoms. The molecule has 1 N–H and O–H groups in total. The zero-order valence-electron chi connectivity index (χ0n) is 13.9. The quantitative estimate of drug-likeness (QED) is 0.494. The van der Waals surface area contributed by atoms with Gasteiger partial charge in [-0.3, -0.25) is 19.7 Å². The zero-order valence-corrected chi connectivity index (χ0v) is 13.9. The minimum absolute atomic E-state index is 0.0750. The lowest BCUT2D eigenvalue weighted by Gasteiger charge is -2.22. The van der Waals surface area contributed by atoms with Gasteiger partial charge in [0.05, 0.1) is 10.3 Å². The van der Waals surface area contributed by atoms with Gasteiger partial charge in [-0.15, -0.1) is 0 Å². The number of amides is 1. The van der Waals surface area contributed by atoms with Crippen molar-refractivity contribution in [3.8, 4) is 0 Å². The molecule has 130 valence electrons. The van der Waals surface area contributed by atoms with Crippen molar-refractivity contribution in [1.82, 2.24) is 0 Å². The number of rotatable bonds is 6. The third-order valence-corrected chi connectivity index (χ3v) is 3.70. The summed E-state index contributed by atoms with van der Waals surface area (Å²) < 4.78 is 5.10. The van der Waals surface area contributed by atoms with Crippen molar-refractivity contribution < 1.29 is 19.2 Å². The molecule has 0 fully saturated rings. The monoisotopic (exact) mass is 342 g/mol. The summed E-state index contributed by atoms with van der Waals surface area (Å²) in [7, 11) is 0. The molecule has 0 radical (unpaired) electrons. The van der Waals surface area contributed by atoms with Crippen LogP contribution >= 0.6 is 0 Å². The van der Waals surface area contributed by atoms with Gasteiger partial charge in [-0.1, -0.05) is 30.3 Å². The van der Waals surface area contributed by atoms with E-state index >= 15 is 0 Å². The molecule has 2 rings (SSSR count). The molecule has 1 amide bonds. The van der Waals surface area contributed by atoms with Crippen LogP contribution in [0, 0.1) is 10.1 Å². The number of ether oxygens (including phenoxy) is 1. The smallest absolute Gasteiger partial charge is 0.316 e. The van der Waals surface area contributed by atoms with Crippen molar-refractivity contribution in [2.24, 2.45) is 0 Å². The van der Waals surface area contributed by atoms with Gasteiger partial charge >= 0.3 is 5.97 Å². The lowest BCUT2D eigenvalue weighted by atomic mass is 9.85. The van der Waals surface area contributed by atoms with Gasteiger partial charge in [0, 0.05) is 17.8 Å². The van der Waals surface area contributed by atoms with Crippen LogP contribution in [0.25, 0.3) is 0 Å². The lowest BCUT2D eigenvalue weighted by molar-refractivity contribution is -0.384. The van der Waals surface area contributed by atoms with Gasteiger partial charge in [0.2, 0.25) is 0 Å². The number of carbonyl (C=O) groups excluding carboxylic acids is 2. The second kappa shape index (κ2) is 7.57. The summed E-state index contributed by atoms with van der Waals surface area (Å²) in [5.41, 5.74) is 0.216. The van der Waals surface area contributed by atoms with Crippen molar-refractivity contribution in [3.05, 3.63) is 70.3 Å². The average molecular weight is 342 g/mol. The normalized spacial score (nSPS) is 10.8. The molecule has 0 aliphatic rings. The van der Waals surface area contributed by atoms with E-state index in [-0.39, 0.29) is 5.69 Å². The number of nitro benzene ring substituents is 1. The summed E-state index contributed by atoms with van der Waals surface area (Å²) >= 11 is 0. The van der Waals surface area contributed by atoms with Crippen molar-refractivity contribution in [2.75, 3.05) is 11.9 Å². The molecule has 0 aromatic heterocycles. The lowest BCUT2D eigenvalue weighted by Crippen LogP contribution is -2.33. The fraction of sp³-hybridized carbons (Fsp3) is 0.222. The summed E-state index contributed by atoms with van der Waals surface area (Å²) in [4.78, 5) is 34.2. The van der Waals surface area contributed by atoms with Crippen LogP contribution in [0.4, 0.5) is 11.4 Å². The van der Waals surface area contributed by atoms with Crippen LogP contribution in [0.3, 0.4) is 0 Å². The second-order valence-electron chi connectivity index (χ2n) is 5.92. The molecule has 0 heterocycles. The predicted octanol–water partition coefficient (Wildman–Crippen LogP) is 3.05. The Morgan fingerprint density at radius 3 is 2.24 bits per heavy atom. The number of esters is 1. The van der Waals surface area contributed by atoms with Gasteiger partial charge in [0.25, 0.3) is 11.6 Å². The van der Waals surface area contributed by atoms with Gasteiger partial charge in [-0.25, -0.2) is 0 Å². The maximum absolute atomic E-state index is 12.3. The minimum Gasteiger partial charge on any atom is -0.455 e. The first kappa shape index (κ1) is 18.1. The highest BCUT2D eigenvalue weighted by molar-refractivity contribution is 5.93. The third kappa shape index (κ3) is 4.63. The van der Waals surface area contributed by atoms with Gasteiger partial charge in [0.1, 0.15) is 0 Å². The fourth-order valence-corrected chi connectivity index (χ4v) is 2.15. The van der Waals surface area contributed by atoms with Gasteiger partial charge in [-0.05, 0) is 31.5 Å². The van der Waals surface area contributed by atoms with E-state index in [1.54, 1.807) is 13.8 Å². The first-order chi connectivity index (χ1) is 11.8. The Bertz CT molecular complexity index is 770. The van der Waals surface area contributed by atoms with Gasteiger partial charge in [0.15, 0.2) is 6.61 Å². The van der Waals surface area contributed by atoms with E-state index in [0.717, 1.165) is 5.56 Å². The highest BCUT2D eigenvalue weighted by Crippen LogP contribution is 2.24. The third-order valence-electron chi connectivity index (χ3n) is 3.70. The summed E-state index contributed by atoms with van der Waals surface area (Å²) in [5.74, 6) is -1.04. The Morgan fingerprint density at radius 2 is 1.68 bits per heavy atom. The van der Waals surface area contributed by atoms with Gasteiger partial charge < -0.3 is 10.1 Å². The summed E-state index contributed by atoms with van der Waals surface area (Å²) in [6, 6.07) is 14.5. The van der Waals surface area contributed by atoms with E-state index in [4.69, 9.17) is 4.74 Å². The van der Waals surface area contributed by atoms with E-state index < -0.39 is 28.8 Å². The molecular weight excluding hydrogens is 324 g/mol. The summed E-state index contributed by atoms with van der Waals surface area (Å²) in [5, 5.41) is 13.1. The van der Waals surface area contributed by atoms with Crippen molar-refractivity contribution in [2.45, 2.75) is 19.3 Å². The molecule has 0 aliphatic heterocycles. The molecule has 0 saturated carbocycles. The first-order valence-corrected chi connectivity index (χ1v) is 7.58. The Morgan fingerprint density at radius 1 is 1.08 bits per heavy atom. The van der Waals surface area contributed by atoms with E-state index in [2.05, 4.69) is 5.32 Å². The average Bonchev–Trinajstić information content (AvgIpc) is 2.60. The SMILES string of the molecule is CC(C)(C(=O)OCC(=O)Nc1ccc([N+](=O)[O-])cc1)c1ccccc1. The van der Waals surface area contributed by atoms with Crippen molar-refractivity contribution in [1.29, 1.82) is 0 Å². The highest BCUT2D eigenvalue weighted by atomic mass is 16.6. The largest absolute Gasteiger partial charge is 0.455 e. The molecule has 2 aromatic carbocycles. The number of benzene rings is 2. The van der Waals surface area contributed by atoms with Crippen molar-refractivity contribution >= 4 is 23.3 Å². The number of anilines is 1. The van der Waals surface area contributed by atoms with Crippen molar-refractivity contribution in [3.63, 3.8) is 0 Å². The number of non-ortho nitro benzene ring substituents is 1. The van der Waals surface area contributed by atoms with Crippen LogP contribution in [0.15, 0.2) is 54.6 Å². The number of carbonyl (C=O) groups is 2. The Balaban J connectivity index is 1.91. The fourth-order valence-electron chi connectivity index (χ4n) is 2.15. The number of nitro groups is 1. The first-order valence-electron chi connectivity index (χ1n) is 7.58. The standard InChI is InChI=1S/C18H18N2O5/c1-18(2,13-6-4-3-5-7-13)17(22)25-12-16(21)19-14-8-10-15(11-9-14)20(23)24/h3-11H,12H2,1-2H3,(H,19,21). The molecule has 0 saturated heterocycles. The Hall–Kier alpha value is -3.22. The molecule has 2 aromatic rings. The molecule has 0 bridgehead atoms. The van der Waals surface area contributed by atoms with E-state index in [1.807, 2.05) is 30.3 Å². The molecule has 0 unspecified atom stereocenters. The Kier molecular flexibility index (Phi) is 5.49. The van der Waals surface area contributed by atoms with Crippen LogP contribution < -0.4 is 5.32 Å². The van der Waals surface area contributed by atoms with E-state index in [0.29, 0.717) is 5.69 Å². The summed E-state index contributed by atoms with van der Waals surface area (Å²) in [6.07, 6.45) is 0. The maximum atomic E-state index is 12.3. The predicted molar refractivity (Wildman–Crippen MR) is 92.2 cm³/mol. The number of hydrogen-bond acceptors (Lipinski definition) is 5. The minimum atomic E-state index is -0.880. The van der Waals surface area contributed by atoms with Crippen LogP contribution in [-0.4, -0.2) is 23.4 Å². The molecule has 0 atom stereocenters. The molecule has 0 aliphatic carbocycles. The van der Waals surface area contributed by atoms with Crippen LogP contribution in [-0.2, 0) is 19.7 Å². The topological polar surface area (TPSA) is 98.5 Å². The van der Waals surface area contributed by atoms with Crippen LogP contribution in [0.5, 0.6) is 0 Å². The van der Waals surface area contributed by atoms with E-state index in [9.17, 15) is 19.7 Å². The summed E-state index contributed by atoms with van der Waals surface area (Å²) in [6.45, 7) is 3.00. The molecule has 7 nitrogen and oxygen atoms in total. The Labute approximate surface area is 144 Å². The maximum Gasteiger partial charge on any atom is 0.316 e. The number of hydrogen-bond donors (Lipinski definition) is 1. The second-order valence-corrected chi connectivity index (χ2v) is 5.92. The molecule has 0 spiro atoms. The molecule has 25 heavy (non-hydrogen) atoms. The number of nitrogens with one attached hydrogen (secondary N) is 1. The zero-order chi connectivity index (χ0) is 18.4. The van der Waals surface area contributed by atoms with Crippen LogP contribution in [0.1, 0.15) is 19.4 Å². The van der Waals surface area contributed by atoms with Crippen LogP contribution in [0.2, 0.25) is 0 Å². The highest BCUT2D eigenvalue weighted by Gasteiger charge is 2.31. The van der Waals surface area contributed by atoms with E-state index in [1.165, 1.54) is 24.3 Å².